The van der Waals surface area contributed by atoms with E-state index in [1.54, 1.807) is 11.3 Å². The standard InChI is InChI=1S/C30H43NO3S/c1-17(14-27(34)31-19(3)26-9-6-18(2)35-26)22-7-8-23-28-24(11-13-30(22,23)5)29(4)12-10-21(32)15-20(29)16-25(28)33/h6,9,17,19-20,22-24,28H,7-8,10-16H2,1-5H3,(H,31,34)/t17-,19?,20+,22?,23+,24+,28+,29+,30-/m1/s1. The molecule has 0 bridgehead atoms. The van der Waals surface area contributed by atoms with Gasteiger partial charge in [-0.05, 0) is 98.5 Å². The van der Waals surface area contributed by atoms with E-state index < -0.39 is 0 Å². The Morgan fingerprint density at radius 3 is 2.51 bits per heavy atom. The molecule has 1 heterocycles. The lowest BCUT2D eigenvalue weighted by atomic mass is 9.44. The van der Waals surface area contributed by atoms with Crippen molar-refractivity contribution in [1.29, 1.82) is 0 Å². The van der Waals surface area contributed by atoms with E-state index in [1.807, 2.05) is 0 Å². The molecule has 0 spiro atoms. The van der Waals surface area contributed by atoms with Crippen LogP contribution >= 0.6 is 11.3 Å². The minimum Gasteiger partial charge on any atom is -0.349 e. The van der Waals surface area contributed by atoms with Crippen LogP contribution in [-0.4, -0.2) is 17.5 Å². The molecule has 0 radical (unpaired) electrons. The van der Waals surface area contributed by atoms with E-state index in [0.29, 0.717) is 60.9 Å². The molecule has 4 fully saturated rings. The highest BCUT2D eigenvalue weighted by Crippen LogP contribution is 2.67. The molecule has 4 nitrogen and oxygen atoms in total. The number of rotatable bonds is 5. The fourth-order valence-electron chi connectivity index (χ4n) is 9.19. The first-order valence-corrected chi connectivity index (χ1v) is 14.7. The number of carbonyl (C=O) groups is 3. The van der Waals surface area contributed by atoms with Crippen LogP contribution in [0.3, 0.4) is 0 Å². The largest absolute Gasteiger partial charge is 0.349 e. The van der Waals surface area contributed by atoms with Gasteiger partial charge in [-0.3, -0.25) is 14.4 Å². The fraction of sp³-hybridized carbons (Fsp3) is 0.767. The molecule has 5 heteroatoms. The van der Waals surface area contributed by atoms with Crippen molar-refractivity contribution in [2.75, 3.05) is 0 Å². The van der Waals surface area contributed by atoms with Crippen molar-refractivity contribution >= 4 is 28.8 Å². The van der Waals surface area contributed by atoms with Gasteiger partial charge in [0.1, 0.15) is 11.6 Å². The zero-order valence-electron chi connectivity index (χ0n) is 22.2. The lowest BCUT2D eigenvalue weighted by molar-refractivity contribution is -0.159. The lowest BCUT2D eigenvalue weighted by Gasteiger charge is -2.59. The summed E-state index contributed by atoms with van der Waals surface area (Å²) < 4.78 is 0. The van der Waals surface area contributed by atoms with Crippen LogP contribution in [0, 0.1) is 53.3 Å². The van der Waals surface area contributed by atoms with Crippen LogP contribution in [0.5, 0.6) is 0 Å². The van der Waals surface area contributed by atoms with Crippen molar-refractivity contribution < 1.29 is 14.4 Å². The first-order chi connectivity index (χ1) is 16.5. The number of amides is 1. The van der Waals surface area contributed by atoms with Crippen molar-refractivity contribution in [1.82, 2.24) is 5.32 Å². The maximum atomic E-state index is 13.6. The van der Waals surface area contributed by atoms with Crippen LogP contribution < -0.4 is 5.32 Å². The van der Waals surface area contributed by atoms with Gasteiger partial charge in [-0.1, -0.05) is 20.8 Å². The Balaban J connectivity index is 1.27. The Kier molecular flexibility index (Phi) is 6.56. The van der Waals surface area contributed by atoms with Crippen molar-refractivity contribution in [2.45, 2.75) is 98.4 Å². The Labute approximate surface area is 215 Å². The third kappa shape index (κ3) is 4.24. The maximum Gasteiger partial charge on any atom is 0.220 e. The minimum atomic E-state index is 0.0478. The third-order valence-electron chi connectivity index (χ3n) is 11.1. The van der Waals surface area contributed by atoms with Gasteiger partial charge in [0.05, 0.1) is 6.04 Å². The van der Waals surface area contributed by atoms with E-state index in [2.05, 4.69) is 52.1 Å². The second-order valence-corrected chi connectivity index (χ2v) is 14.3. The highest BCUT2D eigenvalue weighted by Gasteiger charge is 2.63. The normalized spacial score (nSPS) is 40.4. The summed E-state index contributed by atoms with van der Waals surface area (Å²) in [7, 11) is 0. The van der Waals surface area contributed by atoms with Crippen molar-refractivity contribution in [2.24, 2.45) is 46.3 Å². The van der Waals surface area contributed by atoms with Crippen LogP contribution in [0.2, 0.25) is 0 Å². The highest BCUT2D eigenvalue weighted by molar-refractivity contribution is 7.12. The number of fused-ring (bicyclic) bond motifs is 5. The topological polar surface area (TPSA) is 63.2 Å². The molecule has 4 aliphatic rings. The van der Waals surface area contributed by atoms with E-state index in [4.69, 9.17) is 0 Å². The monoisotopic (exact) mass is 497 g/mol. The molecule has 5 rings (SSSR count). The van der Waals surface area contributed by atoms with Crippen LogP contribution in [0.15, 0.2) is 12.1 Å². The van der Waals surface area contributed by atoms with Gasteiger partial charge >= 0.3 is 0 Å². The summed E-state index contributed by atoms with van der Waals surface area (Å²) >= 11 is 1.75. The molecule has 192 valence electrons. The number of ketones is 2. The Morgan fingerprint density at radius 1 is 1.06 bits per heavy atom. The Bertz CT molecular complexity index is 1010. The molecule has 1 amide bonds. The van der Waals surface area contributed by atoms with Gasteiger partial charge in [-0.2, -0.15) is 0 Å². The van der Waals surface area contributed by atoms with Crippen molar-refractivity contribution in [3.8, 4) is 0 Å². The quantitative estimate of drug-likeness (QED) is 0.494. The van der Waals surface area contributed by atoms with Gasteiger partial charge in [0, 0.05) is 41.4 Å². The molecule has 1 aromatic heterocycles. The van der Waals surface area contributed by atoms with Gasteiger partial charge < -0.3 is 5.32 Å². The second-order valence-electron chi connectivity index (χ2n) is 13.0. The number of thiophene rings is 1. The molecule has 2 unspecified atom stereocenters. The minimum absolute atomic E-state index is 0.0478. The van der Waals surface area contributed by atoms with Gasteiger partial charge in [-0.15, -0.1) is 11.3 Å². The van der Waals surface area contributed by atoms with Crippen molar-refractivity contribution in [3.63, 3.8) is 0 Å². The number of carbonyl (C=O) groups excluding carboxylic acids is 3. The van der Waals surface area contributed by atoms with E-state index in [0.717, 1.165) is 32.1 Å². The molecule has 4 saturated carbocycles. The number of nitrogens with one attached hydrogen (secondary N) is 1. The molecule has 0 aliphatic heterocycles. The number of hydrogen-bond acceptors (Lipinski definition) is 4. The summed E-state index contributed by atoms with van der Waals surface area (Å²) in [5, 5.41) is 3.23. The number of aryl methyl sites for hydroxylation is 1. The van der Waals surface area contributed by atoms with E-state index >= 15 is 0 Å². The first-order valence-electron chi connectivity index (χ1n) is 13.9. The van der Waals surface area contributed by atoms with Gasteiger partial charge in [-0.25, -0.2) is 0 Å². The van der Waals surface area contributed by atoms with Crippen LogP contribution in [0.25, 0.3) is 0 Å². The summed E-state index contributed by atoms with van der Waals surface area (Å²) in [4.78, 5) is 41.2. The SMILES string of the molecule is Cc1ccc(C(C)NC(=O)C[C@@H](C)C2CC[C@H]3[C@@H]4C(=O)C[C@@H]5CC(=O)CC[C@]5(C)[C@H]4CC[C@]23C)s1. The van der Waals surface area contributed by atoms with E-state index in [9.17, 15) is 14.4 Å². The van der Waals surface area contributed by atoms with Gasteiger partial charge in [0.15, 0.2) is 0 Å². The molecule has 35 heavy (non-hydrogen) atoms. The van der Waals surface area contributed by atoms with Crippen LogP contribution in [0.1, 0.15) is 101 Å². The summed E-state index contributed by atoms with van der Waals surface area (Å²) in [6.45, 7) is 11.3. The summed E-state index contributed by atoms with van der Waals surface area (Å²) in [6, 6.07) is 4.28. The predicted octanol–water partition coefficient (Wildman–Crippen LogP) is 6.67. The fourth-order valence-corrected chi connectivity index (χ4v) is 10.1. The highest BCUT2D eigenvalue weighted by atomic mass is 32.1. The lowest BCUT2D eigenvalue weighted by Crippen LogP contribution is -2.57. The molecule has 1 aromatic rings. The number of Topliss-reactive ketones (excluding diaryl/α,β-unsaturated/α-hetero) is 2. The molecule has 9 atom stereocenters. The average Bonchev–Trinajstić information content (AvgIpc) is 3.38. The molecule has 1 N–H and O–H groups in total. The molecule has 0 saturated heterocycles. The maximum absolute atomic E-state index is 13.6. The number of hydrogen-bond donors (Lipinski definition) is 1. The van der Waals surface area contributed by atoms with E-state index in [-0.39, 0.29) is 34.6 Å². The third-order valence-corrected chi connectivity index (χ3v) is 12.3. The molecular formula is C30H43NO3S. The Morgan fingerprint density at radius 2 is 1.80 bits per heavy atom. The first kappa shape index (κ1) is 25.2. The zero-order valence-corrected chi connectivity index (χ0v) is 23.0. The second kappa shape index (κ2) is 9.11. The van der Waals surface area contributed by atoms with Crippen molar-refractivity contribution in [3.05, 3.63) is 21.9 Å². The molecular weight excluding hydrogens is 454 g/mol. The van der Waals surface area contributed by atoms with Crippen LogP contribution in [-0.2, 0) is 14.4 Å². The molecule has 4 aliphatic carbocycles. The average molecular weight is 498 g/mol. The summed E-state index contributed by atoms with van der Waals surface area (Å²) in [5.74, 6) is 3.04. The van der Waals surface area contributed by atoms with Gasteiger partial charge in [0.25, 0.3) is 0 Å². The summed E-state index contributed by atoms with van der Waals surface area (Å²) in [6.07, 6.45) is 7.96. The summed E-state index contributed by atoms with van der Waals surface area (Å²) in [5.41, 5.74) is 0.286. The van der Waals surface area contributed by atoms with Crippen LogP contribution in [0.4, 0.5) is 0 Å². The Hall–Kier alpha value is -1.49. The molecule has 0 aromatic carbocycles. The van der Waals surface area contributed by atoms with E-state index in [1.165, 1.54) is 9.75 Å². The smallest absolute Gasteiger partial charge is 0.220 e. The predicted molar refractivity (Wildman–Crippen MR) is 140 cm³/mol. The zero-order chi connectivity index (χ0) is 25.1. The van der Waals surface area contributed by atoms with Gasteiger partial charge in [0.2, 0.25) is 5.91 Å².